The van der Waals surface area contributed by atoms with E-state index in [2.05, 4.69) is 83.8 Å². The first-order valence-electron chi connectivity index (χ1n) is 15.8. The minimum Gasteiger partial charge on any atom is -0.337 e. The summed E-state index contributed by atoms with van der Waals surface area (Å²) in [4.78, 5) is 18.0. The lowest BCUT2D eigenvalue weighted by Crippen LogP contribution is -2.16. The Hall–Kier alpha value is -6.24. The highest BCUT2D eigenvalue weighted by molar-refractivity contribution is 7.22. The molecule has 5 nitrogen and oxygen atoms in total. The Morgan fingerprint density at radius 2 is 1.27 bits per heavy atom. The minimum absolute atomic E-state index is 0.167. The van der Waals surface area contributed by atoms with E-state index in [4.69, 9.17) is 20.4 Å². The van der Waals surface area contributed by atoms with Crippen LogP contribution in [0, 0.1) is 5.41 Å². The van der Waals surface area contributed by atoms with Crippen molar-refractivity contribution < 1.29 is 0 Å². The second-order valence-corrected chi connectivity index (χ2v) is 12.8. The monoisotopic (exact) mass is 633 g/mol. The molecule has 0 amide bonds. The van der Waals surface area contributed by atoms with Crippen LogP contribution in [0.1, 0.15) is 5.56 Å². The number of thiazole rings is 1. The molecule has 9 aromatic rings. The van der Waals surface area contributed by atoms with Gasteiger partial charge in [0.1, 0.15) is 10.7 Å². The molecule has 0 bridgehead atoms. The number of H-pyrrole nitrogens is 1. The smallest absolute Gasteiger partial charge is 0.159 e. The van der Waals surface area contributed by atoms with Gasteiger partial charge in [0, 0.05) is 22.1 Å². The molecule has 0 spiro atoms. The van der Waals surface area contributed by atoms with Gasteiger partial charge in [0.15, 0.2) is 11.3 Å². The van der Waals surface area contributed by atoms with E-state index in [0.717, 1.165) is 49.4 Å². The fraction of sp³-hybridized carbons (Fsp3) is 0. The van der Waals surface area contributed by atoms with Crippen LogP contribution in [0.2, 0.25) is 0 Å². The van der Waals surface area contributed by atoms with Crippen molar-refractivity contribution in [1.29, 1.82) is 5.41 Å². The number of para-hydroxylation sites is 2. The molecule has 2 aromatic heterocycles. The average Bonchev–Trinajstić information content (AvgIpc) is 3.60. The number of aromatic nitrogens is 3. The van der Waals surface area contributed by atoms with Crippen LogP contribution in [0.5, 0.6) is 0 Å². The molecule has 0 unspecified atom stereocenters. The number of fused-ring (bicyclic) bond motifs is 6. The second-order valence-electron chi connectivity index (χ2n) is 11.8. The first-order valence-corrected chi connectivity index (χ1v) is 16.6. The van der Waals surface area contributed by atoms with Gasteiger partial charge in [0.2, 0.25) is 0 Å². The van der Waals surface area contributed by atoms with Crippen molar-refractivity contribution in [3.8, 4) is 33.0 Å². The van der Waals surface area contributed by atoms with E-state index in [9.17, 15) is 0 Å². The van der Waals surface area contributed by atoms with Gasteiger partial charge in [-0.3, -0.25) is 5.41 Å². The number of nitrogens with one attached hydrogen (secondary N) is 2. The maximum Gasteiger partial charge on any atom is 0.159 e. The zero-order valence-corrected chi connectivity index (χ0v) is 26.5. The van der Waals surface area contributed by atoms with E-state index < -0.39 is 0 Å². The number of hydrogen-bond donors (Lipinski definition) is 2. The van der Waals surface area contributed by atoms with Crippen molar-refractivity contribution in [2.45, 2.75) is 0 Å². The standard InChI is InChI=1S/C42H27N5S/c43-40(47-41-38(28-9-3-1-4-10-28)44-34-13-7-8-14-35(34)45-41)29-18-15-26(16-19-29)31-21-23-33-32(25-31)20-17-27-22-24-36-39(37(27)33)48-42(46-36)30-11-5-2-6-12-30/h1-25H,(H2,43,45,47). The minimum atomic E-state index is 0.167. The molecule has 0 aliphatic carbocycles. The number of hydrogen-bond acceptors (Lipinski definition) is 4. The summed E-state index contributed by atoms with van der Waals surface area (Å²) in [7, 11) is 0. The Bertz CT molecular complexity index is 2730. The highest BCUT2D eigenvalue weighted by Gasteiger charge is 2.13. The first kappa shape index (κ1) is 28.0. The van der Waals surface area contributed by atoms with Gasteiger partial charge in [-0.2, -0.15) is 0 Å². The third kappa shape index (κ3) is 4.96. The van der Waals surface area contributed by atoms with Crippen LogP contribution < -0.4 is 5.49 Å². The topological polar surface area (TPSA) is 77.8 Å². The van der Waals surface area contributed by atoms with Crippen LogP contribution in [0.25, 0.3) is 75.8 Å². The number of nitrogens with zero attached hydrogens (tertiary/aromatic N) is 3. The fourth-order valence-corrected chi connectivity index (χ4v) is 7.47. The summed E-state index contributed by atoms with van der Waals surface area (Å²) in [6.45, 7) is 0. The molecular formula is C42H27N5S. The Morgan fingerprint density at radius 1 is 0.583 bits per heavy atom. The van der Waals surface area contributed by atoms with Gasteiger partial charge < -0.3 is 4.98 Å². The van der Waals surface area contributed by atoms with Crippen molar-refractivity contribution in [1.82, 2.24) is 15.0 Å². The van der Waals surface area contributed by atoms with E-state index in [0.29, 0.717) is 11.2 Å². The predicted octanol–water partition coefficient (Wildman–Crippen LogP) is 10.4. The van der Waals surface area contributed by atoms with Crippen molar-refractivity contribution in [2.75, 3.05) is 0 Å². The van der Waals surface area contributed by atoms with Gasteiger partial charge in [-0.05, 0) is 51.6 Å². The van der Waals surface area contributed by atoms with Crippen LogP contribution in [-0.4, -0.2) is 20.8 Å². The zero-order chi connectivity index (χ0) is 32.0. The fourth-order valence-electron chi connectivity index (χ4n) is 6.33. The summed E-state index contributed by atoms with van der Waals surface area (Å²) in [5.41, 5.74) is 9.04. The van der Waals surface area contributed by atoms with Crippen molar-refractivity contribution in [3.05, 3.63) is 163 Å². The number of amidine groups is 1. The van der Waals surface area contributed by atoms with Gasteiger partial charge >= 0.3 is 0 Å². The van der Waals surface area contributed by atoms with Crippen LogP contribution in [0.15, 0.2) is 157 Å². The lowest BCUT2D eigenvalue weighted by molar-refractivity contribution is 1.15. The molecule has 0 radical (unpaired) electrons. The second kappa shape index (κ2) is 11.5. The van der Waals surface area contributed by atoms with Crippen LogP contribution in [0.4, 0.5) is 0 Å². The molecule has 226 valence electrons. The number of rotatable bonds is 4. The molecule has 0 aliphatic heterocycles. The van der Waals surface area contributed by atoms with Crippen LogP contribution in [0.3, 0.4) is 0 Å². The molecule has 48 heavy (non-hydrogen) atoms. The van der Waals surface area contributed by atoms with Crippen molar-refractivity contribution >= 4 is 60.0 Å². The molecule has 9 rings (SSSR count). The third-order valence-corrected chi connectivity index (χ3v) is 9.89. The first-order chi connectivity index (χ1) is 23.7. The highest BCUT2D eigenvalue weighted by Crippen LogP contribution is 2.39. The Kier molecular flexibility index (Phi) is 6.73. The summed E-state index contributed by atoms with van der Waals surface area (Å²) < 4.78 is 1.21. The molecule has 2 N–H and O–H groups in total. The maximum absolute atomic E-state index is 8.90. The van der Waals surface area contributed by atoms with E-state index in [1.807, 2.05) is 72.8 Å². The average molecular weight is 634 g/mol. The highest BCUT2D eigenvalue weighted by atomic mass is 32.1. The summed E-state index contributed by atoms with van der Waals surface area (Å²) in [6.07, 6.45) is 0. The third-order valence-electron chi connectivity index (χ3n) is 8.75. The molecule has 0 saturated carbocycles. The van der Waals surface area contributed by atoms with E-state index in [1.54, 1.807) is 11.3 Å². The summed E-state index contributed by atoms with van der Waals surface area (Å²) in [5, 5.41) is 14.8. The number of aromatic amines is 1. The zero-order valence-electron chi connectivity index (χ0n) is 25.7. The molecule has 2 heterocycles. The molecule has 0 fully saturated rings. The number of benzene rings is 7. The molecule has 0 atom stereocenters. The normalized spacial score (nSPS) is 12.0. The van der Waals surface area contributed by atoms with E-state index >= 15 is 0 Å². The quantitative estimate of drug-likeness (QED) is 0.115. The molecule has 6 heteroatoms. The van der Waals surface area contributed by atoms with Gasteiger partial charge in [-0.1, -0.05) is 127 Å². The molecule has 7 aromatic carbocycles. The lowest BCUT2D eigenvalue weighted by atomic mass is 9.97. The Balaban J connectivity index is 1.07. The van der Waals surface area contributed by atoms with Crippen molar-refractivity contribution in [3.63, 3.8) is 0 Å². The molecular weight excluding hydrogens is 607 g/mol. The molecule has 0 saturated heterocycles. The van der Waals surface area contributed by atoms with Crippen LogP contribution >= 0.6 is 11.3 Å². The Morgan fingerprint density at radius 3 is 2.08 bits per heavy atom. The lowest BCUT2D eigenvalue weighted by Gasteiger charge is -2.09. The van der Waals surface area contributed by atoms with Gasteiger partial charge in [0.05, 0.1) is 21.3 Å². The maximum atomic E-state index is 8.90. The van der Waals surface area contributed by atoms with Gasteiger partial charge in [0.25, 0.3) is 0 Å². The van der Waals surface area contributed by atoms with E-state index in [-0.39, 0.29) is 5.84 Å². The van der Waals surface area contributed by atoms with Crippen LogP contribution in [-0.2, 0) is 0 Å². The summed E-state index contributed by atoms with van der Waals surface area (Å²) in [6, 6.07) is 51.7. The van der Waals surface area contributed by atoms with Gasteiger partial charge in [-0.15, -0.1) is 11.3 Å². The Labute approximate surface area is 280 Å². The predicted molar refractivity (Wildman–Crippen MR) is 199 cm³/mol. The summed E-state index contributed by atoms with van der Waals surface area (Å²) in [5.74, 6) is 0.167. The SMILES string of the molecule is N=C(N=c1[nH]c2ccccc2nc1-c1ccccc1)c1ccc(-c2ccc3c(ccc4ccc5nc(-c6ccccc6)sc5c43)c2)cc1. The van der Waals surface area contributed by atoms with E-state index in [1.165, 1.54) is 26.2 Å². The van der Waals surface area contributed by atoms with Gasteiger partial charge in [-0.25, -0.2) is 15.0 Å². The molecule has 0 aliphatic rings. The largest absolute Gasteiger partial charge is 0.337 e. The van der Waals surface area contributed by atoms with Crippen molar-refractivity contribution in [2.24, 2.45) is 4.99 Å². The summed E-state index contributed by atoms with van der Waals surface area (Å²) >= 11 is 1.75.